The van der Waals surface area contributed by atoms with Crippen LogP contribution in [0.4, 0.5) is 14.6 Å². The first kappa shape index (κ1) is 13.6. The third-order valence-corrected chi connectivity index (χ3v) is 2.99. The minimum Gasteiger partial charge on any atom is -0.296 e. The maximum absolute atomic E-state index is 13.5. The molecule has 19 heavy (non-hydrogen) atoms. The van der Waals surface area contributed by atoms with E-state index in [9.17, 15) is 13.6 Å². The van der Waals surface area contributed by atoms with Gasteiger partial charge in [0.05, 0.1) is 5.56 Å². The number of hydrogen-bond donors (Lipinski definition) is 0. The van der Waals surface area contributed by atoms with Gasteiger partial charge in [-0.25, -0.2) is 13.8 Å². The zero-order valence-electron chi connectivity index (χ0n) is 9.90. The maximum atomic E-state index is 13.5. The summed E-state index contributed by atoms with van der Waals surface area (Å²) < 4.78 is 27.3. The van der Waals surface area contributed by atoms with E-state index in [1.165, 1.54) is 13.2 Å². The van der Waals surface area contributed by atoms with Crippen molar-refractivity contribution in [3.05, 3.63) is 58.2 Å². The van der Waals surface area contributed by atoms with Crippen molar-refractivity contribution in [2.45, 2.75) is 0 Å². The number of hydrogen-bond acceptors (Lipinski definition) is 2. The number of pyridine rings is 1. The number of rotatable bonds is 2. The standard InChI is InChI=1S/C13H9BrF2N2O/c1-18(12-5-2-8(14)7-17-12)13(19)10-6-9(15)3-4-11(10)16/h2-7H,1H3. The summed E-state index contributed by atoms with van der Waals surface area (Å²) in [6.45, 7) is 0. The zero-order valence-corrected chi connectivity index (χ0v) is 11.5. The van der Waals surface area contributed by atoms with E-state index in [0.29, 0.717) is 5.82 Å². The lowest BCUT2D eigenvalue weighted by molar-refractivity contribution is 0.0988. The molecule has 3 nitrogen and oxygen atoms in total. The largest absolute Gasteiger partial charge is 0.296 e. The second kappa shape index (κ2) is 5.44. The molecule has 0 aliphatic rings. The fourth-order valence-electron chi connectivity index (χ4n) is 1.51. The lowest BCUT2D eigenvalue weighted by Gasteiger charge is -2.16. The number of carbonyl (C=O) groups is 1. The van der Waals surface area contributed by atoms with Crippen LogP contribution in [0.5, 0.6) is 0 Å². The molecule has 0 N–H and O–H groups in total. The summed E-state index contributed by atoms with van der Waals surface area (Å²) in [6, 6.07) is 6.05. The van der Waals surface area contributed by atoms with E-state index < -0.39 is 17.5 Å². The number of amides is 1. The Labute approximate surface area is 117 Å². The number of aromatic nitrogens is 1. The topological polar surface area (TPSA) is 33.2 Å². The molecule has 0 atom stereocenters. The number of benzene rings is 1. The molecule has 1 aromatic heterocycles. The molecular formula is C13H9BrF2N2O. The van der Waals surface area contributed by atoms with Crippen molar-refractivity contribution >= 4 is 27.7 Å². The molecule has 1 aromatic carbocycles. The highest BCUT2D eigenvalue weighted by Gasteiger charge is 2.18. The average molecular weight is 327 g/mol. The summed E-state index contributed by atoms with van der Waals surface area (Å²) in [5.41, 5.74) is -0.327. The van der Waals surface area contributed by atoms with Gasteiger partial charge in [-0.3, -0.25) is 9.69 Å². The highest BCUT2D eigenvalue weighted by molar-refractivity contribution is 9.10. The summed E-state index contributed by atoms with van der Waals surface area (Å²) in [5.74, 6) is -1.75. The van der Waals surface area contributed by atoms with Gasteiger partial charge in [0.2, 0.25) is 0 Å². The summed E-state index contributed by atoms with van der Waals surface area (Å²) in [6.07, 6.45) is 1.51. The van der Waals surface area contributed by atoms with Crippen molar-refractivity contribution in [1.29, 1.82) is 0 Å². The van der Waals surface area contributed by atoms with Gasteiger partial charge in [0.1, 0.15) is 17.5 Å². The molecular weight excluding hydrogens is 318 g/mol. The van der Waals surface area contributed by atoms with Crippen molar-refractivity contribution in [3.8, 4) is 0 Å². The van der Waals surface area contributed by atoms with E-state index >= 15 is 0 Å². The van der Waals surface area contributed by atoms with Crippen LogP contribution in [-0.2, 0) is 0 Å². The summed E-state index contributed by atoms with van der Waals surface area (Å²) >= 11 is 3.22. The van der Waals surface area contributed by atoms with Crippen molar-refractivity contribution in [1.82, 2.24) is 4.98 Å². The van der Waals surface area contributed by atoms with Crippen molar-refractivity contribution < 1.29 is 13.6 Å². The first-order chi connectivity index (χ1) is 8.99. The molecule has 1 amide bonds. The lowest BCUT2D eigenvalue weighted by atomic mass is 10.2. The molecule has 6 heteroatoms. The lowest BCUT2D eigenvalue weighted by Crippen LogP contribution is -2.28. The highest BCUT2D eigenvalue weighted by Crippen LogP contribution is 2.18. The first-order valence-corrected chi connectivity index (χ1v) is 6.13. The molecule has 0 saturated carbocycles. The van der Waals surface area contributed by atoms with Crippen LogP contribution in [0.15, 0.2) is 41.0 Å². The van der Waals surface area contributed by atoms with E-state index in [2.05, 4.69) is 20.9 Å². The quantitative estimate of drug-likeness (QED) is 0.847. The normalized spacial score (nSPS) is 10.3. The van der Waals surface area contributed by atoms with Crippen molar-refractivity contribution in [3.63, 3.8) is 0 Å². The van der Waals surface area contributed by atoms with Gasteiger partial charge in [0.25, 0.3) is 5.91 Å². The van der Waals surface area contributed by atoms with Crippen LogP contribution in [0.2, 0.25) is 0 Å². The van der Waals surface area contributed by atoms with Crippen LogP contribution >= 0.6 is 15.9 Å². The Bertz CT molecular complexity index is 617. The van der Waals surface area contributed by atoms with Crippen LogP contribution in [0, 0.1) is 11.6 Å². The van der Waals surface area contributed by atoms with Crippen LogP contribution in [0.3, 0.4) is 0 Å². The molecule has 0 spiro atoms. The molecule has 2 rings (SSSR count). The Morgan fingerprint density at radius 3 is 2.63 bits per heavy atom. The van der Waals surface area contributed by atoms with Crippen molar-refractivity contribution in [2.75, 3.05) is 11.9 Å². The molecule has 0 aliphatic heterocycles. The van der Waals surface area contributed by atoms with Gasteiger partial charge in [-0.05, 0) is 46.3 Å². The van der Waals surface area contributed by atoms with Gasteiger partial charge in [0.15, 0.2) is 0 Å². The van der Waals surface area contributed by atoms with Gasteiger partial charge < -0.3 is 0 Å². The predicted octanol–water partition coefficient (Wildman–Crippen LogP) is 3.40. The fraction of sp³-hybridized carbons (Fsp3) is 0.0769. The van der Waals surface area contributed by atoms with Gasteiger partial charge in [-0.1, -0.05) is 0 Å². The summed E-state index contributed by atoms with van der Waals surface area (Å²) in [5, 5.41) is 0. The number of anilines is 1. The fourth-order valence-corrected chi connectivity index (χ4v) is 1.75. The molecule has 0 bridgehead atoms. The van der Waals surface area contributed by atoms with Gasteiger partial charge in [0, 0.05) is 17.7 Å². The second-order valence-electron chi connectivity index (χ2n) is 3.82. The Kier molecular flexibility index (Phi) is 3.90. The third kappa shape index (κ3) is 2.96. The Hall–Kier alpha value is -1.82. The van der Waals surface area contributed by atoms with Crippen molar-refractivity contribution in [2.24, 2.45) is 0 Å². The smallest absolute Gasteiger partial charge is 0.262 e. The second-order valence-corrected chi connectivity index (χ2v) is 4.74. The van der Waals surface area contributed by atoms with Crippen LogP contribution in [0.1, 0.15) is 10.4 Å². The molecule has 0 fully saturated rings. The monoisotopic (exact) mass is 326 g/mol. The van der Waals surface area contributed by atoms with Crippen LogP contribution < -0.4 is 4.90 Å². The minimum atomic E-state index is -0.768. The van der Waals surface area contributed by atoms with Gasteiger partial charge in [-0.2, -0.15) is 0 Å². The average Bonchev–Trinajstić information content (AvgIpc) is 2.41. The Morgan fingerprint density at radius 1 is 1.26 bits per heavy atom. The number of nitrogens with zero attached hydrogens (tertiary/aromatic N) is 2. The SMILES string of the molecule is CN(C(=O)c1cc(F)ccc1F)c1ccc(Br)cn1. The third-order valence-electron chi connectivity index (χ3n) is 2.52. The maximum Gasteiger partial charge on any atom is 0.262 e. The molecule has 98 valence electrons. The molecule has 0 saturated heterocycles. The first-order valence-electron chi connectivity index (χ1n) is 5.33. The Balaban J connectivity index is 2.33. The van der Waals surface area contributed by atoms with Crippen LogP contribution in [-0.4, -0.2) is 17.9 Å². The summed E-state index contributed by atoms with van der Waals surface area (Å²) in [4.78, 5) is 17.2. The molecule has 0 aliphatic carbocycles. The van der Waals surface area contributed by atoms with E-state index in [4.69, 9.17) is 0 Å². The van der Waals surface area contributed by atoms with Gasteiger partial charge >= 0.3 is 0 Å². The molecule has 0 unspecified atom stereocenters. The highest BCUT2D eigenvalue weighted by atomic mass is 79.9. The van der Waals surface area contributed by atoms with Gasteiger partial charge in [-0.15, -0.1) is 0 Å². The summed E-state index contributed by atoms with van der Waals surface area (Å²) in [7, 11) is 1.45. The van der Waals surface area contributed by atoms with E-state index in [-0.39, 0.29) is 5.56 Å². The molecule has 0 radical (unpaired) electrons. The predicted molar refractivity (Wildman–Crippen MR) is 71.0 cm³/mol. The van der Waals surface area contributed by atoms with E-state index in [1.54, 1.807) is 12.1 Å². The molecule has 2 aromatic rings. The number of carbonyl (C=O) groups excluding carboxylic acids is 1. The van der Waals surface area contributed by atoms with E-state index in [0.717, 1.165) is 27.6 Å². The van der Waals surface area contributed by atoms with Crippen LogP contribution in [0.25, 0.3) is 0 Å². The van der Waals surface area contributed by atoms with E-state index in [1.807, 2.05) is 0 Å². The molecule has 1 heterocycles. The number of halogens is 3. The zero-order chi connectivity index (χ0) is 14.0. The Morgan fingerprint density at radius 2 is 2.00 bits per heavy atom. The minimum absolute atomic E-state index is 0.327.